The van der Waals surface area contributed by atoms with Crippen LogP contribution in [0.2, 0.25) is 0 Å². The van der Waals surface area contributed by atoms with E-state index in [0.717, 1.165) is 0 Å². The Kier molecular flexibility index (Phi) is 4.93. The van der Waals surface area contributed by atoms with Crippen molar-refractivity contribution in [3.63, 3.8) is 0 Å². The van der Waals surface area contributed by atoms with Crippen LogP contribution in [0.25, 0.3) is 0 Å². The second-order valence-corrected chi connectivity index (χ2v) is 3.57. The summed E-state index contributed by atoms with van der Waals surface area (Å²) in [5, 5.41) is 18.0. The first-order valence-corrected chi connectivity index (χ1v) is 5.33. The maximum atomic E-state index is 11.6. The Balaban J connectivity index is 2.78. The van der Waals surface area contributed by atoms with Gasteiger partial charge in [0.15, 0.2) is 0 Å². The summed E-state index contributed by atoms with van der Waals surface area (Å²) in [6.45, 7) is -0.268. The summed E-state index contributed by atoms with van der Waals surface area (Å²) in [7, 11) is 0. The molecule has 0 fully saturated rings. The molecule has 0 amide bonds. The molecular weight excluding hydrogens is 248 g/mol. The molecule has 0 aromatic heterocycles. The summed E-state index contributed by atoms with van der Waals surface area (Å²) in [6, 6.07) is 5.69. The lowest BCUT2D eigenvalue weighted by atomic mass is 10.1. The molecule has 0 spiro atoms. The SMILES string of the molecule is O=C(O)c1ccccc1C(=O)OCC(O)CCl. The smallest absolute Gasteiger partial charge is 0.339 e. The molecule has 0 aliphatic carbocycles. The molecule has 5 nitrogen and oxygen atoms in total. The number of carboxylic acid groups (broad SMARTS) is 1. The van der Waals surface area contributed by atoms with Gasteiger partial charge in [0.25, 0.3) is 0 Å². The Hall–Kier alpha value is -1.59. The van der Waals surface area contributed by atoms with Crippen LogP contribution in [0.5, 0.6) is 0 Å². The van der Waals surface area contributed by atoms with E-state index in [2.05, 4.69) is 0 Å². The van der Waals surface area contributed by atoms with Gasteiger partial charge in [-0.05, 0) is 12.1 Å². The number of hydrogen-bond acceptors (Lipinski definition) is 4. The van der Waals surface area contributed by atoms with Gasteiger partial charge in [0, 0.05) is 0 Å². The molecule has 6 heteroatoms. The molecule has 17 heavy (non-hydrogen) atoms. The molecule has 0 heterocycles. The van der Waals surface area contributed by atoms with Crippen molar-refractivity contribution in [3.05, 3.63) is 35.4 Å². The van der Waals surface area contributed by atoms with Crippen molar-refractivity contribution >= 4 is 23.5 Å². The second-order valence-electron chi connectivity index (χ2n) is 3.26. The summed E-state index contributed by atoms with van der Waals surface area (Å²) < 4.78 is 4.73. The van der Waals surface area contributed by atoms with Crippen LogP contribution < -0.4 is 0 Å². The molecule has 0 saturated carbocycles. The summed E-state index contributed by atoms with van der Waals surface area (Å²) in [6.07, 6.45) is -0.961. The summed E-state index contributed by atoms with van der Waals surface area (Å²) in [5.74, 6) is -2.07. The number of aromatic carboxylic acids is 1. The van der Waals surface area contributed by atoms with E-state index in [1.54, 1.807) is 0 Å². The van der Waals surface area contributed by atoms with Gasteiger partial charge in [-0.15, -0.1) is 11.6 Å². The lowest BCUT2D eigenvalue weighted by molar-refractivity contribution is 0.0299. The van der Waals surface area contributed by atoms with E-state index in [9.17, 15) is 9.59 Å². The van der Waals surface area contributed by atoms with Crippen LogP contribution in [0.4, 0.5) is 0 Å². The Morgan fingerprint density at radius 1 is 1.29 bits per heavy atom. The van der Waals surface area contributed by atoms with E-state index in [-0.39, 0.29) is 23.6 Å². The molecular formula is C11H11ClO5. The zero-order valence-corrected chi connectivity index (χ0v) is 9.55. The minimum atomic E-state index is -1.21. The number of aliphatic hydroxyl groups is 1. The number of alkyl halides is 1. The zero-order chi connectivity index (χ0) is 12.8. The number of carboxylic acids is 1. The molecule has 2 N–H and O–H groups in total. The number of carbonyl (C=O) groups excluding carboxylic acids is 1. The number of hydrogen-bond donors (Lipinski definition) is 2. The van der Waals surface area contributed by atoms with Crippen LogP contribution in [-0.4, -0.2) is 40.7 Å². The van der Waals surface area contributed by atoms with Crippen LogP contribution >= 0.6 is 11.6 Å². The first-order chi connectivity index (χ1) is 8.06. The van der Waals surface area contributed by atoms with Crippen molar-refractivity contribution in [2.45, 2.75) is 6.10 Å². The van der Waals surface area contributed by atoms with Gasteiger partial charge in [-0.25, -0.2) is 9.59 Å². The number of halogens is 1. The lowest BCUT2D eigenvalue weighted by Crippen LogP contribution is -2.21. The van der Waals surface area contributed by atoms with Gasteiger partial charge < -0.3 is 14.9 Å². The normalized spacial score (nSPS) is 11.9. The standard InChI is InChI=1S/C11H11ClO5/c12-5-7(13)6-17-11(16)9-4-2-1-3-8(9)10(14)15/h1-4,7,13H,5-6H2,(H,14,15). The summed E-state index contributed by atoms with van der Waals surface area (Å²) in [5.41, 5.74) is -0.195. The Morgan fingerprint density at radius 2 is 1.88 bits per heavy atom. The van der Waals surface area contributed by atoms with Gasteiger partial charge in [0.2, 0.25) is 0 Å². The molecule has 0 radical (unpaired) electrons. The highest BCUT2D eigenvalue weighted by atomic mass is 35.5. The highest BCUT2D eigenvalue weighted by Gasteiger charge is 2.17. The Labute approximate surface area is 103 Å². The van der Waals surface area contributed by atoms with Gasteiger partial charge in [-0.3, -0.25) is 0 Å². The van der Waals surface area contributed by atoms with E-state index in [0.29, 0.717) is 0 Å². The fourth-order valence-corrected chi connectivity index (χ4v) is 1.23. The Morgan fingerprint density at radius 3 is 2.41 bits per heavy atom. The monoisotopic (exact) mass is 258 g/mol. The van der Waals surface area contributed by atoms with Gasteiger partial charge in [-0.1, -0.05) is 12.1 Å². The maximum Gasteiger partial charge on any atom is 0.339 e. The number of rotatable bonds is 5. The molecule has 0 aliphatic heterocycles. The Bertz CT molecular complexity index is 418. The number of benzene rings is 1. The summed E-state index contributed by atoms with van der Waals surface area (Å²) >= 11 is 5.33. The fourth-order valence-electron chi connectivity index (χ4n) is 1.14. The third kappa shape index (κ3) is 3.72. The average molecular weight is 259 g/mol. The van der Waals surface area contributed by atoms with Crippen LogP contribution in [0.1, 0.15) is 20.7 Å². The lowest BCUT2D eigenvalue weighted by Gasteiger charge is -2.09. The van der Waals surface area contributed by atoms with Gasteiger partial charge in [0.1, 0.15) is 12.7 Å². The number of carbonyl (C=O) groups is 2. The van der Waals surface area contributed by atoms with Gasteiger partial charge >= 0.3 is 11.9 Å². The molecule has 1 unspecified atom stereocenters. The number of aliphatic hydroxyl groups excluding tert-OH is 1. The predicted molar refractivity (Wildman–Crippen MR) is 60.4 cm³/mol. The largest absolute Gasteiger partial charge is 0.478 e. The van der Waals surface area contributed by atoms with Crippen molar-refractivity contribution in [1.82, 2.24) is 0 Å². The van der Waals surface area contributed by atoms with Crippen LogP contribution in [0.3, 0.4) is 0 Å². The average Bonchev–Trinajstić information content (AvgIpc) is 2.35. The number of esters is 1. The maximum absolute atomic E-state index is 11.6. The van der Waals surface area contributed by atoms with Crippen LogP contribution in [0, 0.1) is 0 Å². The van der Waals surface area contributed by atoms with E-state index in [1.165, 1.54) is 24.3 Å². The first-order valence-electron chi connectivity index (χ1n) is 4.79. The van der Waals surface area contributed by atoms with E-state index in [1.807, 2.05) is 0 Å². The zero-order valence-electron chi connectivity index (χ0n) is 8.80. The number of ether oxygens (including phenoxy) is 1. The van der Waals surface area contributed by atoms with E-state index in [4.69, 9.17) is 26.6 Å². The van der Waals surface area contributed by atoms with Gasteiger partial charge in [-0.2, -0.15) is 0 Å². The summed E-state index contributed by atoms with van der Waals surface area (Å²) in [4.78, 5) is 22.4. The predicted octanol–water partition coefficient (Wildman–Crippen LogP) is 1.14. The highest BCUT2D eigenvalue weighted by molar-refractivity contribution is 6.18. The minimum absolute atomic E-state index is 0.0539. The third-order valence-electron chi connectivity index (χ3n) is 1.96. The third-order valence-corrected chi connectivity index (χ3v) is 2.32. The second kappa shape index (κ2) is 6.22. The molecule has 1 rings (SSSR count). The van der Waals surface area contributed by atoms with Crippen LogP contribution in [-0.2, 0) is 4.74 Å². The molecule has 0 saturated heterocycles. The molecule has 1 aromatic rings. The topological polar surface area (TPSA) is 83.8 Å². The fraction of sp³-hybridized carbons (Fsp3) is 0.273. The van der Waals surface area contributed by atoms with Crippen molar-refractivity contribution < 1.29 is 24.5 Å². The van der Waals surface area contributed by atoms with E-state index < -0.39 is 18.0 Å². The quantitative estimate of drug-likeness (QED) is 0.611. The van der Waals surface area contributed by atoms with Crippen LogP contribution in [0.15, 0.2) is 24.3 Å². The highest BCUT2D eigenvalue weighted by Crippen LogP contribution is 2.10. The van der Waals surface area contributed by atoms with Crippen molar-refractivity contribution in [1.29, 1.82) is 0 Å². The first kappa shape index (κ1) is 13.5. The molecule has 0 aliphatic rings. The minimum Gasteiger partial charge on any atom is -0.478 e. The molecule has 0 bridgehead atoms. The molecule has 92 valence electrons. The van der Waals surface area contributed by atoms with E-state index >= 15 is 0 Å². The van der Waals surface area contributed by atoms with Crippen molar-refractivity contribution in [2.24, 2.45) is 0 Å². The van der Waals surface area contributed by atoms with Crippen molar-refractivity contribution in [3.8, 4) is 0 Å². The molecule has 1 atom stereocenters. The molecule has 1 aromatic carbocycles. The van der Waals surface area contributed by atoms with Crippen molar-refractivity contribution in [2.75, 3.05) is 12.5 Å². The van der Waals surface area contributed by atoms with Gasteiger partial charge in [0.05, 0.1) is 17.0 Å².